The quantitative estimate of drug-likeness (QED) is 0.655. The van der Waals surface area contributed by atoms with Crippen LogP contribution in [0.3, 0.4) is 0 Å². The maximum atomic E-state index is 12.2. The lowest BCUT2D eigenvalue weighted by Crippen LogP contribution is -2.12. The van der Waals surface area contributed by atoms with Gasteiger partial charge in [0.2, 0.25) is 0 Å². The van der Waals surface area contributed by atoms with E-state index in [1.165, 1.54) is 6.20 Å². The molecule has 0 fully saturated rings. The summed E-state index contributed by atoms with van der Waals surface area (Å²) >= 11 is 0. The van der Waals surface area contributed by atoms with Crippen LogP contribution in [0.1, 0.15) is 53.9 Å². The van der Waals surface area contributed by atoms with Crippen LogP contribution in [-0.2, 0) is 28.8 Å². The fourth-order valence-electron chi connectivity index (χ4n) is 2.64. The molecule has 0 amide bonds. The van der Waals surface area contributed by atoms with E-state index in [0.717, 1.165) is 24.0 Å². The number of aryl methyl sites for hydroxylation is 2. The Balaban J connectivity index is 2.20. The summed E-state index contributed by atoms with van der Waals surface area (Å²) in [5.41, 5.74) is 3.12. The number of carbonyl (C=O) groups is 2. The summed E-state index contributed by atoms with van der Waals surface area (Å²) in [4.78, 5) is 32.5. The van der Waals surface area contributed by atoms with E-state index in [9.17, 15) is 9.59 Å². The van der Waals surface area contributed by atoms with E-state index in [4.69, 9.17) is 4.74 Å². The summed E-state index contributed by atoms with van der Waals surface area (Å²) in [6, 6.07) is 5.75. The molecule has 0 bridgehead atoms. The molecular weight excluding hydrogens is 316 g/mol. The van der Waals surface area contributed by atoms with E-state index in [2.05, 4.69) is 9.97 Å². The Labute approximate surface area is 148 Å². The Kier molecular flexibility index (Phi) is 7.26. The topological polar surface area (TPSA) is 69.2 Å². The average molecular weight is 340 g/mol. The molecule has 0 aromatic carbocycles. The van der Waals surface area contributed by atoms with Crippen LogP contribution < -0.4 is 0 Å². The summed E-state index contributed by atoms with van der Waals surface area (Å²) in [6.07, 6.45) is 8.18. The van der Waals surface area contributed by atoms with E-state index in [1.807, 2.05) is 31.3 Å². The highest BCUT2D eigenvalue weighted by molar-refractivity contribution is 5.91. The molecule has 2 aromatic heterocycles. The molecule has 5 nitrogen and oxygen atoms in total. The molecule has 132 valence electrons. The summed E-state index contributed by atoms with van der Waals surface area (Å²) < 4.78 is 5.12. The van der Waals surface area contributed by atoms with Gasteiger partial charge in [0.25, 0.3) is 0 Å². The summed E-state index contributed by atoms with van der Waals surface area (Å²) in [5.74, 6) is -0.209. The van der Waals surface area contributed by atoms with Crippen molar-refractivity contribution in [1.29, 1.82) is 0 Å². The van der Waals surface area contributed by atoms with Crippen molar-refractivity contribution in [2.45, 2.75) is 46.0 Å². The number of aromatic nitrogens is 2. The summed E-state index contributed by atoms with van der Waals surface area (Å²) in [5, 5.41) is 0. The van der Waals surface area contributed by atoms with Gasteiger partial charge < -0.3 is 4.74 Å². The van der Waals surface area contributed by atoms with Crippen molar-refractivity contribution < 1.29 is 14.3 Å². The zero-order valence-corrected chi connectivity index (χ0v) is 14.8. The first-order valence-corrected chi connectivity index (χ1v) is 8.69. The van der Waals surface area contributed by atoms with Crippen LogP contribution in [0.25, 0.3) is 0 Å². The number of hydrogen-bond acceptors (Lipinski definition) is 5. The molecule has 0 N–H and O–H groups in total. The van der Waals surface area contributed by atoms with Gasteiger partial charge in [0.1, 0.15) is 5.78 Å². The number of ether oxygens (including phenoxy) is 1. The molecule has 0 saturated heterocycles. The molecule has 25 heavy (non-hydrogen) atoms. The second-order valence-corrected chi connectivity index (χ2v) is 5.88. The lowest BCUT2D eigenvalue weighted by atomic mass is 10.00. The number of esters is 1. The fourth-order valence-corrected chi connectivity index (χ4v) is 2.64. The number of ketones is 1. The minimum Gasteiger partial charge on any atom is -0.462 e. The van der Waals surface area contributed by atoms with Crippen LogP contribution in [0, 0.1) is 0 Å². The number of hydrogen-bond donors (Lipinski definition) is 0. The van der Waals surface area contributed by atoms with Gasteiger partial charge in [-0.15, -0.1) is 0 Å². The van der Waals surface area contributed by atoms with Gasteiger partial charge in [0, 0.05) is 37.1 Å². The number of pyridine rings is 2. The minimum atomic E-state index is -0.373. The smallest absolute Gasteiger partial charge is 0.339 e. The Hall–Kier alpha value is -2.56. The van der Waals surface area contributed by atoms with Crippen LogP contribution in [0.5, 0.6) is 0 Å². The monoisotopic (exact) mass is 340 g/mol. The van der Waals surface area contributed by atoms with Crippen molar-refractivity contribution in [2.24, 2.45) is 0 Å². The van der Waals surface area contributed by atoms with Gasteiger partial charge >= 0.3 is 5.97 Å². The molecule has 0 aliphatic carbocycles. The normalized spacial score (nSPS) is 10.5. The fraction of sp³-hybridized carbons (Fsp3) is 0.400. The highest BCUT2D eigenvalue weighted by Gasteiger charge is 2.15. The van der Waals surface area contributed by atoms with Crippen LogP contribution in [-0.4, -0.2) is 28.3 Å². The van der Waals surface area contributed by atoms with Crippen LogP contribution >= 0.6 is 0 Å². The SMILES string of the molecule is CCCC(=O)Cc1cc(CCc2cccnc2)c(C(=O)OCC)cn1. The van der Waals surface area contributed by atoms with Crippen molar-refractivity contribution >= 4 is 11.8 Å². The summed E-state index contributed by atoms with van der Waals surface area (Å²) in [6.45, 7) is 4.07. The Morgan fingerprint density at radius 3 is 2.68 bits per heavy atom. The highest BCUT2D eigenvalue weighted by Crippen LogP contribution is 2.16. The van der Waals surface area contributed by atoms with Crippen molar-refractivity contribution in [3.63, 3.8) is 0 Å². The van der Waals surface area contributed by atoms with E-state index < -0.39 is 0 Å². The van der Waals surface area contributed by atoms with E-state index in [-0.39, 0.29) is 11.8 Å². The zero-order chi connectivity index (χ0) is 18.1. The van der Waals surface area contributed by atoms with E-state index in [0.29, 0.717) is 37.1 Å². The molecule has 0 aliphatic rings. The molecule has 5 heteroatoms. The van der Waals surface area contributed by atoms with Gasteiger partial charge in [-0.25, -0.2) is 4.79 Å². The second-order valence-electron chi connectivity index (χ2n) is 5.88. The predicted octanol–water partition coefficient (Wildman–Crippen LogP) is 3.35. The van der Waals surface area contributed by atoms with Crippen LogP contribution in [0.4, 0.5) is 0 Å². The zero-order valence-electron chi connectivity index (χ0n) is 14.8. The molecule has 2 aromatic rings. The van der Waals surface area contributed by atoms with Gasteiger partial charge in [0.15, 0.2) is 0 Å². The second kappa shape index (κ2) is 9.67. The molecule has 0 saturated carbocycles. The lowest BCUT2D eigenvalue weighted by molar-refractivity contribution is -0.118. The molecule has 2 heterocycles. The Morgan fingerprint density at radius 2 is 2.00 bits per heavy atom. The first-order chi connectivity index (χ1) is 12.1. The maximum absolute atomic E-state index is 12.2. The van der Waals surface area contributed by atoms with E-state index in [1.54, 1.807) is 13.1 Å². The van der Waals surface area contributed by atoms with Crippen LogP contribution in [0.15, 0.2) is 36.8 Å². The van der Waals surface area contributed by atoms with Crippen LogP contribution in [0.2, 0.25) is 0 Å². The lowest BCUT2D eigenvalue weighted by Gasteiger charge is -2.11. The van der Waals surface area contributed by atoms with Crippen molar-refractivity contribution in [1.82, 2.24) is 9.97 Å². The highest BCUT2D eigenvalue weighted by atomic mass is 16.5. The summed E-state index contributed by atoms with van der Waals surface area (Å²) in [7, 11) is 0. The van der Waals surface area contributed by atoms with Crippen molar-refractivity contribution in [3.05, 3.63) is 59.2 Å². The Bertz CT molecular complexity index is 714. The third kappa shape index (κ3) is 5.78. The molecule has 0 radical (unpaired) electrons. The first kappa shape index (κ1) is 18.8. The third-order valence-corrected chi connectivity index (χ3v) is 3.85. The maximum Gasteiger partial charge on any atom is 0.339 e. The number of nitrogens with zero attached hydrogens (tertiary/aromatic N) is 2. The van der Waals surface area contributed by atoms with Crippen molar-refractivity contribution in [3.8, 4) is 0 Å². The standard InChI is InChI=1S/C20H24N2O3/c1-3-6-18(23)12-17-11-16(9-8-15-7-5-10-21-13-15)19(14-22-17)20(24)25-4-2/h5,7,10-11,13-14H,3-4,6,8-9,12H2,1-2H3. The van der Waals surface area contributed by atoms with Gasteiger partial charge in [-0.05, 0) is 49.4 Å². The molecule has 0 aliphatic heterocycles. The van der Waals surface area contributed by atoms with E-state index >= 15 is 0 Å². The Morgan fingerprint density at radius 1 is 1.16 bits per heavy atom. The molecule has 0 unspecified atom stereocenters. The molecule has 2 rings (SSSR count). The number of rotatable bonds is 9. The largest absolute Gasteiger partial charge is 0.462 e. The molecule has 0 atom stereocenters. The average Bonchev–Trinajstić information content (AvgIpc) is 2.61. The van der Waals surface area contributed by atoms with Gasteiger partial charge in [-0.3, -0.25) is 14.8 Å². The van der Waals surface area contributed by atoms with Gasteiger partial charge in [0.05, 0.1) is 12.2 Å². The number of carbonyl (C=O) groups excluding carboxylic acids is 2. The predicted molar refractivity (Wildman–Crippen MR) is 95.5 cm³/mol. The molecular formula is C20H24N2O3. The van der Waals surface area contributed by atoms with Gasteiger partial charge in [-0.1, -0.05) is 13.0 Å². The van der Waals surface area contributed by atoms with Gasteiger partial charge in [-0.2, -0.15) is 0 Å². The number of Topliss-reactive ketones (excluding diaryl/α,β-unsaturated/α-hetero) is 1. The van der Waals surface area contributed by atoms with Crippen molar-refractivity contribution in [2.75, 3.05) is 6.61 Å². The minimum absolute atomic E-state index is 0.164. The first-order valence-electron chi connectivity index (χ1n) is 8.69. The molecule has 0 spiro atoms. The third-order valence-electron chi connectivity index (χ3n) is 3.85.